The summed E-state index contributed by atoms with van der Waals surface area (Å²) in [5, 5.41) is 0.242. The average Bonchev–Trinajstić information content (AvgIpc) is 3.00. The Kier molecular flexibility index (Phi) is 4.97. The van der Waals surface area contributed by atoms with Crippen LogP contribution in [0.25, 0.3) is 0 Å². The van der Waals surface area contributed by atoms with Crippen LogP contribution in [0, 0.1) is 0 Å². The third-order valence-corrected chi connectivity index (χ3v) is 4.28. The van der Waals surface area contributed by atoms with Crippen molar-refractivity contribution in [3.63, 3.8) is 0 Å². The van der Waals surface area contributed by atoms with Crippen molar-refractivity contribution in [1.82, 2.24) is 4.90 Å². The first-order valence-electron chi connectivity index (χ1n) is 5.85. The molecular weight excluding hydrogens is 274 g/mol. The van der Waals surface area contributed by atoms with Crippen molar-refractivity contribution in [2.45, 2.75) is 12.5 Å². The third-order valence-electron chi connectivity index (χ3n) is 2.93. The number of amides is 1. The van der Waals surface area contributed by atoms with Crippen LogP contribution >= 0.6 is 23.4 Å². The molecule has 18 heavy (non-hydrogen) atoms. The third kappa shape index (κ3) is 3.22. The number of nitrogens with zero attached hydrogens (tertiary/aromatic N) is 1. The molecule has 1 unspecified atom stereocenters. The number of furan rings is 1. The zero-order chi connectivity index (χ0) is 13.0. The van der Waals surface area contributed by atoms with Gasteiger partial charge >= 0.3 is 0 Å². The highest BCUT2D eigenvalue weighted by Crippen LogP contribution is 2.24. The van der Waals surface area contributed by atoms with Crippen LogP contribution in [0.1, 0.15) is 17.0 Å². The van der Waals surface area contributed by atoms with Crippen molar-refractivity contribution in [1.29, 1.82) is 0 Å². The van der Waals surface area contributed by atoms with Crippen molar-refractivity contribution in [2.75, 3.05) is 31.8 Å². The van der Waals surface area contributed by atoms with Crippen LogP contribution in [0.15, 0.2) is 16.5 Å². The van der Waals surface area contributed by atoms with E-state index in [1.165, 1.54) is 0 Å². The van der Waals surface area contributed by atoms with E-state index in [9.17, 15) is 4.79 Å². The molecule has 0 spiro atoms. The quantitative estimate of drug-likeness (QED) is 0.835. The first-order valence-corrected chi connectivity index (χ1v) is 7.38. The van der Waals surface area contributed by atoms with Crippen molar-refractivity contribution in [3.8, 4) is 0 Å². The van der Waals surface area contributed by atoms with Gasteiger partial charge in [-0.1, -0.05) is 0 Å². The van der Waals surface area contributed by atoms with Crippen LogP contribution in [-0.2, 0) is 4.74 Å². The van der Waals surface area contributed by atoms with Crippen LogP contribution < -0.4 is 0 Å². The molecule has 1 amide bonds. The fraction of sp³-hybridized carbons (Fsp3) is 0.583. The van der Waals surface area contributed by atoms with Gasteiger partial charge in [0.1, 0.15) is 0 Å². The highest BCUT2D eigenvalue weighted by Gasteiger charge is 2.29. The summed E-state index contributed by atoms with van der Waals surface area (Å²) in [7, 11) is 1.63. The molecule has 1 atom stereocenters. The molecule has 0 aliphatic carbocycles. The van der Waals surface area contributed by atoms with Crippen LogP contribution in [0.4, 0.5) is 0 Å². The normalized spacial score (nSPS) is 19.1. The molecular formula is C12H16ClNO3S. The van der Waals surface area contributed by atoms with E-state index in [4.69, 9.17) is 20.8 Å². The molecule has 6 heteroatoms. The van der Waals surface area contributed by atoms with Crippen LogP contribution in [0.2, 0.25) is 5.22 Å². The largest absolute Gasteiger partial charge is 0.440 e. The lowest BCUT2D eigenvalue weighted by Crippen LogP contribution is -2.42. The first-order chi connectivity index (χ1) is 8.72. The second-order valence-corrected chi connectivity index (χ2v) is 5.63. The molecule has 2 heterocycles. The number of carbonyl (C=O) groups is 1. The summed E-state index contributed by atoms with van der Waals surface area (Å²) in [6.07, 6.45) is 1.02. The lowest BCUT2D eigenvalue weighted by atomic mass is 10.2. The SMILES string of the molecule is COCCN(C(=O)c1ccc(Cl)o1)C1CCSC1. The molecule has 2 rings (SSSR count). The van der Waals surface area contributed by atoms with Crippen LogP contribution in [0.5, 0.6) is 0 Å². The molecule has 1 fully saturated rings. The molecule has 0 N–H and O–H groups in total. The highest BCUT2D eigenvalue weighted by atomic mass is 35.5. The average molecular weight is 290 g/mol. The molecule has 100 valence electrons. The Labute approximate surface area is 116 Å². The van der Waals surface area contributed by atoms with Gasteiger partial charge in [0.2, 0.25) is 0 Å². The monoisotopic (exact) mass is 289 g/mol. The number of ether oxygens (including phenoxy) is 1. The van der Waals surface area contributed by atoms with E-state index in [1.807, 2.05) is 16.7 Å². The minimum atomic E-state index is -0.105. The predicted octanol–water partition coefficient (Wildman–Crippen LogP) is 2.53. The summed E-state index contributed by atoms with van der Waals surface area (Å²) < 4.78 is 10.3. The maximum Gasteiger partial charge on any atom is 0.289 e. The molecule has 0 radical (unpaired) electrons. The van der Waals surface area contributed by atoms with Gasteiger partial charge in [0.15, 0.2) is 11.0 Å². The fourth-order valence-corrected chi connectivity index (χ4v) is 3.35. The number of methoxy groups -OCH3 is 1. The van der Waals surface area contributed by atoms with Gasteiger partial charge in [0, 0.05) is 25.4 Å². The summed E-state index contributed by atoms with van der Waals surface area (Å²) in [5.74, 6) is 2.27. The predicted molar refractivity (Wildman–Crippen MR) is 72.4 cm³/mol. The Bertz CT molecular complexity index is 404. The Morgan fingerprint density at radius 3 is 3.06 bits per heavy atom. The number of carbonyl (C=O) groups excluding carboxylic acids is 1. The van der Waals surface area contributed by atoms with Gasteiger partial charge in [-0.3, -0.25) is 4.79 Å². The van der Waals surface area contributed by atoms with Gasteiger partial charge < -0.3 is 14.1 Å². The Morgan fingerprint density at radius 2 is 2.50 bits per heavy atom. The molecule has 0 aromatic carbocycles. The van der Waals surface area contributed by atoms with Gasteiger partial charge in [-0.05, 0) is 35.9 Å². The minimum absolute atomic E-state index is 0.105. The molecule has 0 saturated carbocycles. The van der Waals surface area contributed by atoms with Crippen molar-refractivity contribution in [2.24, 2.45) is 0 Å². The summed E-state index contributed by atoms with van der Waals surface area (Å²) in [6, 6.07) is 3.47. The smallest absolute Gasteiger partial charge is 0.289 e. The lowest BCUT2D eigenvalue weighted by Gasteiger charge is -2.27. The van der Waals surface area contributed by atoms with Crippen molar-refractivity contribution in [3.05, 3.63) is 23.1 Å². The molecule has 1 aliphatic rings. The number of thioether (sulfide) groups is 1. The van der Waals surface area contributed by atoms with E-state index in [2.05, 4.69) is 0 Å². The molecule has 1 aliphatic heterocycles. The Balaban J connectivity index is 2.09. The van der Waals surface area contributed by atoms with Crippen LogP contribution in [-0.4, -0.2) is 48.6 Å². The number of hydrogen-bond acceptors (Lipinski definition) is 4. The molecule has 1 aromatic rings. The molecule has 1 saturated heterocycles. The maximum atomic E-state index is 12.4. The van der Waals surface area contributed by atoms with E-state index < -0.39 is 0 Å². The summed E-state index contributed by atoms with van der Waals surface area (Å²) in [5.41, 5.74) is 0. The van der Waals surface area contributed by atoms with Gasteiger partial charge in [-0.15, -0.1) is 0 Å². The summed E-state index contributed by atoms with van der Waals surface area (Å²) >= 11 is 7.58. The van der Waals surface area contributed by atoms with E-state index >= 15 is 0 Å². The second-order valence-electron chi connectivity index (χ2n) is 4.11. The first kappa shape index (κ1) is 13.8. The van der Waals surface area contributed by atoms with Crippen molar-refractivity contribution < 1.29 is 13.9 Å². The van der Waals surface area contributed by atoms with E-state index in [1.54, 1.807) is 19.2 Å². The van der Waals surface area contributed by atoms with Gasteiger partial charge in [0.05, 0.1) is 6.61 Å². The van der Waals surface area contributed by atoms with Gasteiger partial charge in [-0.25, -0.2) is 0 Å². The summed E-state index contributed by atoms with van der Waals surface area (Å²) in [6.45, 7) is 1.11. The number of rotatable bonds is 5. The topological polar surface area (TPSA) is 42.7 Å². The number of halogens is 1. The summed E-state index contributed by atoms with van der Waals surface area (Å²) in [4.78, 5) is 14.2. The Hall–Kier alpha value is -0.650. The number of hydrogen-bond donors (Lipinski definition) is 0. The van der Waals surface area contributed by atoms with Gasteiger partial charge in [-0.2, -0.15) is 11.8 Å². The van der Waals surface area contributed by atoms with Crippen LogP contribution in [0.3, 0.4) is 0 Å². The second kappa shape index (κ2) is 6.50. The molecule has 0 bridgehead atoms. The van der Waals surface area contributed by atoms with E-state index in [0.29, 0.717) is 18.9 Å². The minimum Gasteiger partial charge on any atom is -0.440 e. The van der Waals surface area contributed by atoms with Gasteiger partial charge in [0.25, 0.3) is 5.91 Å². The molecule has 4 nitrogen and oxygen atoms in total. The standard InChI is InChI=1S/C12H16ClNO3S/c1-16-6-5-14(9-4-7-18-8-9)12(15)10-2-3-11(13)17-10/h2-3,9H,4-8H2,1H3. The zero-order valence-corrected chi connectivity index (χ0v) is 11.8. The molecule has 1 aromatic heterocycles. The highest BCUT2D eigenvalue weighted by molar-refractivity contribution is 7.99. The van der Waals surface area contributed by atoms with Crippen molar-refractivity contribution >= 4 is 29.3 Å². The maximum absolute atomic E-state index is 12.4. The zero-order valence-electron chi connectivity index (χ0n) is 10.2. The Morgan fingerprint density at radius 1 is 1.67 bits per heavy atom. The lowest BCUT2D eigenvalue weighted by molar-refractivity contribution is 0.0594. The van der Waals surface area contributed by atoms with E-state index in [-0.39, 0.29) is 17.2 Å². The van der Waals surface area contributed by atoms with E-state index in [0.717, 1.165) is 17.9 Å². The fourth-order valence-electron chi connectivity index (χ4n) is 1.98.